The van der Waals surface area contributed by atoms with Crippen LogP contribution in [-0.4, -0.2) is 78.0 Å². The molecule has 0 unspecified atom stereocenters. The molecule has 3 aromatic rings. The SMILES string of the molecule is CCOc1ccc(C(=O)NCCn2ncc3c(N4CCOCC4)nc(SC)nc32)cc1OCC. The number of carbonyl (C=O) groups excluding carboxylic acids is 1. The predicted octanol–water partition coefficient (Wildman–Crippen LogP) is 2.61. The van der Waals surface area contributed by atoms with Gasteiger partial charge in [0.15, 0.2) is 22.3 Å². The Bertz CT molecular complexity index is 1130. The molecule has 2 aromatic heterocycles. The second-order valence-corrected chi connectivity index (χ2v) is 8.30. The van der Waals surface area contributed by atoms with Crippen molar-refractivity contribution in [3.05, 3.63) is 30.0 Å². The Hall–Kier alpha value is -3.05. The molecule has 1 saturated heterocycles. The van der Waals surface area contributed by atoms with Gasteiger partial charge in [-0.25, -0.2) is 14.6 Å². The van der Waals surface area contributed by atoms with E-state index in [1.54, 1.807) is 24.4 Å². The number of nitrogens with one attached hydrogen (secondary N) is 1. The topological polar surface area (TPSA) is 104 Å². The third-order valence-corrected chi connectivity index (χ3v) is 5.91. The molecular weight excluding hydrogens is 456 g/mol. The van der Waals surface area contributed by atoms with Crippen molar-refractivity contribution in [1.29, 1.82) is 0 Å². The average Bonchev–Trinajstić information content (AvgIpc) is 3.28. The molecule has 0 spiro atoms. The van der Waals surface area contributed by atoms with E-state index in [1.165, 1.54) is 11.8 Å². The number of fused-ring (bicyclic) bond motifs is 1. The lowest BCUT2D eigenvalue weighted by molar-refractivity contribution is 0.0951. The predicted molar refractivity (Wildman–Crippen MR) is 131 cm³/mol. The van der Waals surface area contributed by atoms with E-state index in [0.717, 1.165) is 29.9 Å². The highest BCUT2D eigenvalue weighted by atomic mass is 32.2. The highest BCUT2D eigenvalue weighted by Crippen LogP contribution is 2.29. The van der Waals surface area contributed by atoms with Gasteiger partial charge in [0.1, 0.15) is 5.82 Å². The van der Waals surface area contributed by atoms with Crippen molar-refractivity contribution in [3.63, 3.8) is 0 Å². The van der Waals surface area contributed by atoms with Crippen LogP contribution in [0.3, 0.4) is 0 Å². The number of carbonyl (C=O) groups is 1. The maximum absolute atomic E-state index is 12.7. The normalized spacial score (nSPS) is 13.8. The van der Waals surface area contributed by atoms with E-state index >= 15 is 0 Å². The Morgan fingerprint density at radius 1 is 1.15 bits per heavy atom. The molecule has 0 aliphatic carbocycles. The van der Waals surface area contributed by atoms with Gasteiger partial charge >= 0.3 is 0 Å². The van der Waals surface area contributed by atoms with Crippen LogP contribution in [0.25, 0.3) is 11.0 Å². The molecule has 1 aliphatic rings. The van der Waals surface area contributed by atoms with Crippen LogP contribution in [0.1, 0.15) is 24.2 Å². The van der Waals surface area contributed by atoms with Gasteiger partial charge in [0.25, 0.3) is 5.91 Å². The Morgan fingerprint density at radius 3 is 2.65 bits per heavy atom. The van der Waals surface area contributed by atoms with E-state index in [0.29, 0.717) is 61.7 Å². The van der Waals surface area contributed by atoms with Gasteiger partial charge in [-0.1, -0.05) is 11.8 Å². The summed E-state index contributed by atoms with van der Waals surface area (Å²) in [5.41, 5.74) is 1.27. The first-order chi connectivity index (χ1) is 16.6. The summed E-state index contributed by atoms with van der Waals surface area (Å²) in [6.07, 6.45) is 3.76. The van der Waals surface area contributed by atoms with Crippen molar-refractivity contribution >= 4 is 34.5 Å². The summed E-state index contributed by atoms with van der Waals surface area (Å²) in [4.78, 5) is 24.4. The van der Waals surface area contributed by atoms with Gasteiger partial charge in [0.2, 0.25) is 0 Å². The van der Waals surface area contributed by atoms with Gasteiger partial charge in [0, 0.05) is 25.2 Å². The molecule has 3 heterocycles. The molecule has 4 rings (SSSR count). The van der Waals surface area contributed by atoms with Crippen LogP contribution in [-0.2, 0) is 11.3 Å². The second kappa shape index (κ2) is 11.4. The summed E-state index contributed by atoms with van der Waals surface area (Å²) in [7, 11) is 0. The quantitative estimate of drug-likeness (QED) is 0.342. The summed E-state index contributed by atoms with van der Waals surface area (Å²) in [6, 6.07) is 5.21. The van der Waals surface area contributed by atoms with Crippen LogP contribution in [0.15, 0.2) is 29.6 Å². The molecule has 0 saturated carbocycles. The van der Waals surface area contributed by atoms with Crippen LogP contribution in [0.5, 0.6) is 11.5 Å². The van der Waals surface area contributed by atoms with Crippen LogP contribution in [0.4, 0.5) is 5.82 Å². The molecule has 0 bridgehead atoms. The first-order valence-corrected chi connectivity index (χ1v) is 12.6. The van der Waals surface area contributed by atoms with E-state index in [4.69, 9.17) is 19.2 Å². The highest BCUT2D eigenvalue weighted by molar-refractivity contribution is 7.98. The minimum absolute atomic E-state index is 0.186. The number of anilines is 1. The minimum atomic E-state index is -0.186. The van der Waals surface area contributed by atoms with Crippen molar-refractivity contribution in [2.45, 2.75) is 25.5 Å². The van der Waals surface area contributed by atoms with Crippen molar-refractivity contribution in [2.24, 2.45) is 0 Å². The summed E-state index contributed by atoms with van der Waals surface area (Å²) >= 11 is 1.50. The van der Waals surface area contributed by atoms with Gasteiger partial charge < -0.3 is 24.4 Å². The molecule has 1 amide bonds. The monoisotopic (exact) mass is 486 g/mol. The van der Waals surface area contributed by atoms with Gasteiger partial charge in [-0.05, 0) is 38.3 Å². The number of thioether (sulfide) groups is 1. The molecule has 11 heteroatoms. The molecule has 0 atom stereocenters. The van der Waals surface area contributed by atoms with E-state index in [1.807, 2.05) is 24.8 Å². The molecule has 34 heavy (non-hydrogen) atoms. The van der Waals surface area contributed by atoms with Crippen molar-refractivity contribution < 1.29 is 19.0 Å². The lowest BCUT2D eigenvalue weighted by Gasteiger charge is -2.28. The summed E-state index contributed by atoms with van der Waals surface area (Å²) in [6.45, 7) is 8.63. The number of hydrogen-bond donors (Lipinski definition) is 1. The number of aromatic nitrogens is 4. The van der Waals surface area contributed by atoms with E-state index in [-0.39, 0.29) is 5.91 Å². The lowest BCUT2D eigenvalue weighted by atomic mass is 10.2. The van der Waals surface area contributed by atoms with Crippen LogP contribution in [0.2, 0.25) is 0 Å². The van der Waals surface area contributed by atoms with Crippen LogP contribution >= 0.6 is 11.8 Å². The second-order valence-electron chi connectivity index (χ2n) is 7.52. The largest absolute Gasteiger partial charge is 0.490 e. The Kier molecular flexibility index (Phi) is 8.07. The maximum Gasteiger partial charge on any atom is 0.251 e. The zero-order chi connectivity index (χ0) is 23.9. The van der Waals surface area contributed by atoms with Crippen molar-refractivity contribution in [1.82, 2.24) is 25.1 Å². The molecule has 10 nitrogen and oxygen atoms in total. The highest BCUT2D eigenvalue weighted by Gasteiger charge is 2.20. The van der Waals surface area contributed by atoms with Gasteiger partial charge in [-0.3, -0.25) is 4.79 Å². The molecule has 1 aromatic carbocycles. The minimum Gasteiger partial charge on any atom is -0.490 e. The van der Waals surface area contributed by atoms with E-state index in [9.17, 15) is 4.79 Å². The van der Waals surface area contributed by atoms with Gasteiger partial charge in [-0.2, -0.15) is 5.10 Å². The fourth-order valence-electron chi connectivity index (χ4n) is 3.76. The van der Waals surface area contributed by atoms with E-state index < -0.39 is 0 Å². The third kappa shape index (κ3) is 5.36. The standard InChI is InChI=1S/C23H30N6O4S/c1-4-32-18-7-6-16(14-19(18)33-5-2)22(30)24-8-9-29-21-17(15-25-29)20(26-23(27-21)34-3)28-10-12-31-13-11-28/h6-7,14-15H,4-5,8-13H2,1-3H3,(H,24,30). The fraction of sp³-hybridized carbons (Fsp3) is 0.478. The Morgan fingerprint density at radius 2 is 1.91 bits per heavy atom. The van der Waals surface area contributed by atoms with Gasteiger partial charge in [-0.15, -0.1) is 0 Å². The number of ether oxygens (including phenoxy) is 3. The number of rotatable bonds is 10. The number of hydrogen-bond acceptors (Lipinski definition) is 9. The third-order valence-electron chi connectivity index (χ3n) is 5.36. The molecule has 0 radical (unpaired) electrons. The molecule has 1 fully saturated rings. The smallest absolute Gasteiger partial charge is 0.251 e. The van der Waals surface area contributed by atoms with E-state index in [2.05, 4.69) is 20.3 Å². The Labute approximate surface area is 203 Å². The Balaban J connectivity index is 1.46. The summed E-state index contributed by atoms with van der Waals surface area (Å²) in [5.74, 6) is 1.89. The lowest BCUT2D eigenvalue weighted by Crippen LogP contribution is -2.37. The number of nitrogens with zero attached hydrogens (tertiary/aromatic N) is 5. The fourth-order valence-corrected chi connectivity index (χ4v) is 4.12. The number of morpholine rings is 1. The van der Waals surface area contributed by atoms with Crippen molar-refractivity contribution in [3.8, 4) is 11.5 Å². The van der Waals surface area contributed by atoms with Crippen LogP contribution in [0, 0.1) is 0 Å². The summed E-state index contributed by atoms with van der Waals surface area (Å²) in [5, 5.41) is 9.08. The molecular formula is C23H30N6O4S. The maximum atomic E-state index is 12.7. The summed E-state index contributed by atoms with van der Waals surface area (Å²) < 4.78 is 18.5. The number of amides is 1. The van der Waals surface area contributed by atoms with Gasteiger partial charge in [0.05, 0.1) is 44.6 Å². The van der Waals surface area contributed by atoms with Crippen LogP contribution < -0.4 is 19.7 Å². The first kappa shape index (κ1) is 24.1. The average molecular weight is 487 g/mol. The first-order valence-electron chi connectivity index (χ1n) is 11.4. The zero-order valence-corrected chi connectivity index (χ0v) is 20.6. The molecule has 1 aliphatic heterocycles. The molecule has 1 N–H and O–H groups in total. The number of benzene rings is 1. The zero-order valence-electron chi connectivity index (χ0n) is 19.7. The van der Waals surface area contributed by atoms with Crippen molar-refractivity contribution in [2.75, 3.05) is 57.2 Å². The molecule has 182 valence electrons.